The molecule has 1 aromatic rings. The van der Waals surface area contributed by atoms with Gasteiger partial charge in [-0.2, -0.15) is 5.26 Å². The van der Waals surface area contributed by atoms with Gasteiger partial charge in [0.1, 0.15) is 11.8 Å². The highest BCUT2D eigenvalue weighted by Gasteiger charge is 2.34. The molecule has 0 amide bonds. The highest BCUT2D eigenvalue weighted by molar-refractivity contribution is 5.45. The molecule has 2 atom stereocenters. The SMILES string of the molecule is COc1cc(CN2CCCC3CCCC32)ccc1C#N. The molecule has 3 heteroatoms. The third kappa shape index (κ3) is 2.53. The van der Waals surface area contributed by atoms with Gasteiger partial charge >= 0.3 is 0 Å². The van der Waals surface area contributed by atoms with Gasteiger partial charge in [-0.05, 0) is 55.8 Å². The molecule has 2 aliphatic rings. The van der Waals surface area contributed by atoms with E-state index in [1.165, 1.54) is 44.2 Å². The Labute approximate surface area is 121 Å². The number of benzene rings is 1. The summed E-state index contributed by atoms with van der Waals surface area (Å²) < 4.78 is 5.31. The van der Waals surface area contributed by atoms with Crippen molar-refractivity contribution in [2.75, 3.05) is 13.7 Å². The third-order valence-corrected chi connectivity index (χ3v) is 4.88. The molecule has 0 N–H and O–H groups in total. The first-order chi connectivity index (χ1) is 9.81. The van der Waals surface area contributed by atoms with Crippen LogP contribution < -0.4 is 4.74 Å². The maximum atomic E-state index is 9.04. The van der Waals surface area contributed by atoms with Crippen molar-refractivity contribution >= 4 is 0 Å². The van der Waals surface area contributed by atoms with Crippen molar-refractivity contribution in [1.82, 2.24) is 4.90 Å². The van der Waals surface area contributed by atoms with Crippen molar-refractivity contribution in [3.8, 4) is 11.8 Å². The van der Waals surface area contributed by atoms with Gasteiger partial charge in [0.2, 0.25) is 0 Å². The second kappa shape index (κ2) is 5.85. The Kier molecular flexibility index (Phi) is 3.93. The number of likely N-dealkylation sites (tertiary alicyclic amines) is 1. The van der Waals surface area contributed by atoms with Gasteiger partial charge in [0.25, 0.3) is 0 Å². The fourth-order valence-corrected chi connectivity index (χ4v) is 3.91. The van der Waals surface area contributed by atoms with E-state index >= 15 is 0 Å². The van der Waals surface area contributed by atoms with E-state index in [2.05, 4.69) is 17.0 Å². The maximum Gasteiger partial charge on any atom is 0.136 e. The van der Waals surface area contributed by atoms with Crippen LogP contribution in [0, 0.1) is 17.2 Å². The van der Waals surface area contributed by atoms with E-state index in [0.717, 1.165) is 18.5 Å². The molecule has 1 aromatic carbocycles. The molecule has 1 aliphatic heterocycles. The van der Waals surface area contributed by atoms with Crippen LogP contribution in [0.4, 0.5) is 0 Å². The normalized spacial score (nSPS) is 26.0. The van der Waals surface area contributed by atoms with Gasteiger partial charge in [-0.3, -0.25) is 4.90 Å². The molecule has 20 heavy (non-hydrogen) atoms. The minimum atomic E-state index is 0.619. The van der Waals surface area contributed by atoms with Crippen LogP contribution >= 0.6 is 0 Å². The van der Waals surface area contributed by atoms with Gasteiger partial charge in [-0.15, -0.1) is 0 Å². The number of hydrogen-bond donors (Lipinski definition) is 0. The lowest BCUT2D eigenvalue weighted by atomic mass is 9.91. The van der Waals surface area contributed by atoms with Crippen molar-refractivity contribution < 1.29 is 4.74 Å². The second-order valence-electron chi connectivity index (χ2n) is 6.02. The zero-order valence-electron chi connectivity index (χ0n) is 12.1. The van der Waals surface area contributed by atoms with Crippen molar-refractivity contribution in [3.63, 3.8) is 0 Å². The predicted molar refractivity (Wildman–Crippen MR) is 78.5 cm³/mol. The van der Waals surface area contributed by atoms with Crippen LogP contribution in [0.15, 0.2) is 18.2 Å². The second-order valence-corrected chi connectivity index (χ2v) is 6.02. The smallest absolute Gasteiger partial charge is 0.136 e. The quantitative estimate of drug-likeness (QED) is 0.845. The third-order valence-electron chi connectivity index (χ3n) is 4.88. The first-order valence-corrected chi connectivity index (χ1v) is 7.63. The summed E-state index contributed by atoms with van der Waals surface area (Å²) in [5.74, 6) is 1.62. The topological polar surface area (TPSA) is 36.3 Å². The minimum Gasteiger partial charge on any atom is -0.495 e. The Balaban J connectivity index is 1.75. The summed E-state index contributed by atoms with van der Waals surface area (Å²) in [5.41, 5.74) is 1.88. The molecule has 0 aromatic heterocycles. The summed E-state index contributed by atoms with van der Waals surface area (Å²) >= 11 is 0. The average Bonchev–Trinajstić information content (AvgIpc) is 2.96. The van der Waals surface area contributed by atoms with Gasteiger partial charge < -0.3 is 4.74 Å². The summed E-state index contributed by atoms with van der Waals surface area (Å²) in [7, 11) is 1.63. The number of methoxy groups -OCH3 is 1. The number of piperidine rings is 1. The molecule has 2 unspecified atom stereocenters. The van der Waals surface area contributed by atoms with Crippen LogP contribution in [0.1, 0.15) is 43.2 Å². The van der Waals surface area contributed by atoms with Crippen molar-refractivity contribution in [1.29, 1.82) is 5.26 Å². The van der Waals surface area contributed by atoms with E-state index in [4.69, 9.17) is 10.00 Å². The molecule has 2 fully saturated rings. The molecule has 1 heterocycles. The van der Waals surface area contributed by atoms with Gasteiger partial charge in [-0.1, -0.05) is 12.5 Å². The number of ether oxygens (including phenoxy) is 1. The number of hydrogen-bond acceptors (Lipinski definition) is 3. The first kappa shape index (κ1) is 13.5. The molecular formula is C17H22N2O. The fraction of sp³-hybridized carbons (Fsp3) is 0.588. The summed E-state index contributed by atoms with van der Waals surface area (Å²) in [6.07, 6.45) is 6.91. The average molecular weight is 270 g/mol. The van der Waals surface area contributed by atoms with Crippen molar-refractivity contribution in [2.45, 2.75) is 44.7 Å². The molecule has 0 radical (unpaired) electrons. The van der Waals surface area contributed by atoms with Crippen LogP contribution in [0.2, 0.25) is 0 Å². The standard InChI is InChI=1S/C17H22N2O/c1-20-17-10-13(7-8-15(17)11-18)12-19-9-3-5-14-4-2-6-16(14)19/h7-8,10,14,16H,2-6,9,12H2,1H3. The van der Waals surface area contributed by atoms with Gasteiger partial charge in [0.15, 0.2) is 0 Å². The Morgan fingerprint density at radius 3 is 2.95 bits per heavy atom. The lowest BCUT2D eigenvalue weighted by Gasteiger charge is -2.37. The van der Waals surface area contributed by atoms with E-state index in [9.17, 15) is 0 Å². The van der Waals surface area contributed by atoms with Gasteiger partial charge in [0.05, 0.1) is 12.7 Å². The summed E-state index contributed by atoms with van der Waals surface area (Å²) in [6.45, 7) is 2.20. The van der Waals surface area contributed by atoms with Crippen LogP contribution in [-0.4, -0.2) is 24.6 Å². The summed E-state index contributed by atoms with van der Waals surface area (Å²) in [6, 6.07) is 8.93. The van der Waals surface area contributed by atoms with Crippen molar-refractivity contribution in [2.24, 2.45) is 5.92 Å². The molecule has 0 spiro atoms. The largest absolute Gasteiger partial charge is 0.495 e. The number of nitrogens with zero attached hydrogens (tertiary/aromatic N) is 2. The zero-order chi connectivity index (χ0) is 13.9. The molecule has 106 valence electrons. The van der Waals surface area contributed by atoms with Crippen LogP contribution in [0.5, 0.6) is 5.75 Å². The maximum absolute atomic E-state index is 9.04. The molecular weight excluding hydrogens is 248 g/mol. The number of nitriles is 1. The van der Waals surface area contributed by atoms with Gasteiger partial charge in [0, 0.05) is 12.6 Å². The summed E-state index contributed by atoms with van der Waals surface area (Å²) in [5, 5.41) is 9.04. The van der Waals surface area contributed by atoms with Gasteiger partial charge in [-0.25, -0.2) is 0 Å². The monoisotopic (exact) mass is 270 g/mol. The van der Waals surface area contributed by atoms with E-state index in [0.29, 0.717) is 11.3 Å². The minimum absolute atomic E-state index is 0.619. The van der Waals surface area contributed by atoms with Crippen LogP contribution in [0.3, 0.4) is 0 Å². The first-order valence-electron chi connectivity index (χ1n) is 7.63. The van der Waals surface area contributed by atoms with E-state index in [1.54, 1.807) is 7.11 Å². The van der Waals surface area contributed by atoms with E-state index < -0.39 is 0 Å². The van der Waals surface area contributed by atoms with E-state index in [-0.39, 0.29) is 0 Å². The Morgan fingerprint density at radius 1 is 1.30 bits per heavy atom. The summed E-state index contributed by atoms with van der Waals surface area (Å²) in [4.78, 5) is 2.64. The number of fused-ring (bicyclic) bond motifs is 1. The Bertz CT molecular complexity index is 520. The molecule has 3 nitrogen and oxygen atoms in total. The van der Waals surface area contributed by atoms with Crippen molar-refractivity contribution in [3.05, 3.63) is 29.3 Å². The molecule has 3 rings (SSSR count). The number of rotatable bonds is 3. The Morgan fingerprint density at radius 2 is 2.15 bits per heavy atom. The fourth-order valence-electron chi connectivity index (χ4n) is 3.91. The molecule has 1 aliphatic carbocycles. The zero-order valence-corrected chi connectivity index (χ0v) is 12.1. The lowest BCUT2D eigenvalue weighted by molar-refractivity contribution is 0.106. The Hall–Kier alpha value is -1.53. The molecule has 0 bridgehead atoms. The predicted octanol–water partition coefficient (Wildman–Crippen LogP) is 3.33. The van der Waals surface area contributed by atoms with Crippen LogP contribution in [0.25, 0.3) is 0 Å². The molecule has 1 saturated carbocycles. The lowest BCUT2D eigenvalue weighted by Crippen LogP contribution is -2.41. The highest BCUT2D eigenvalue weighted by atomic mass is 16.5. The van der Waals surface area contributed by atoms with Crippen LogP contribution in [-0.2, 0) is 6.54 Å². The molecule has 1 saturated heterocycles. The van der Waals surface area contributed by atoms with E-state index in [1.807, 2.05) is 12.1 Å². The highest BCUT2D eigenvalue weighted by Crippen LogP contribution is 2.37.